The minimum absolute atomic E-state index is 0.0565. The summed E-state index contributed by atoms with van der Waals surface area (Å²) in [6.45, 7) is 6.15. The fourth-order valence-corrected chi connectivity index (χ4v) is 1.40. The molecule has 1 aromatic rings. The first-order valence-corrected chi connectivity index (χ1v) is 5.04. The summed E-state index contributed by atoms with van der Waals surface area (Å²) >= 11 is 0. The lowest BCUT2D eigenvalue weighted by Crippen LogP contribution is -2.06. The van der Waals surface area contributed by atoms with Gasteiger partial charge in [0, 0.05) is 18.7 Å². The maximum Gasteiger partial charge on any atom is 0.434 e. The van der Waals surface area contributed by atoms with E-state index in [1.807, 2.05) is 20.8 Å². The molecule has 0 radical (unpaired) electrons. The molecule has 0 N–H and O–H groups in total. The van der Waals surface area contributed by atoms with Crippen LogP contribution in [-0.4, -0.2) is 9.55 Å². The van der Waals surface area contributed by atoms with Gasteiger partial charge in [-0.2, -0.15) is 13.2 Å². The zero-order valence-corrected chi connectivity index (χ0v) is 9.10. The third kappa shape index (κ3) is 2.52. The van der Waals surface area contributed by atoms with Crippen molar-refractivity contribution in [1.82, 2.24) is 9.55 Å². The quantitative estimate of drug-likeness (QED) is 0.763. The van der Waals surface area contributed by atoms with Crippen LogP contribution in [-0.2, 0) is 12.7 Å². The fraction of sp³-hybridized carbons (Fsp3) is 0.700. The van der Waals surface area contributed by atoms with Crippen molar-refractivity contribution >= 4 is 0 Å². The van der Waals surface area contributed by atoms with Crippen molar-refractivity contribution in [1.29, 1.82) is 0 Å². The van der Waals surface area contributed by atoms with E-state index in [-0.39, 0.29) is 5.92 Å². The zero-order valence-electron chi connectivity index (χ0n) is 9.10. The van der Waals surface area contributed by atoms with Crippen molar-refractivity contribution in [2.75, 3.05) is 0 Å². The van der Waals surface area contributed by atoms with E-state index in [0.717, 1.165) is 12.6 Å². The molecule has 0 aliphatic rings. The molecule has 0 aromatic carbocycles. The van der Waals surface area contributed by atoms with E-state index in [9.17, 15) is 13.2 Å². The van der Waals surface area contributed by atoms with Gasteiger partial charge in [-0.25, -0.2) is 4.98 Å². The maximum atomic E-state index is 12.4. The molecule has 0 saturated carbocycles. The Morgan fingerprint density at radius 1 is 1.40 bits per heavy atom. The summed E-state index contributed by atoms with van der Waals surface area (Å²) in [5.74, 6) is 0.577. The first-order valence-electron chi connectivity index (χ1n) is 5.04. The zero-order chi connectivity index (χ0) is 11.6. The van der Waals surface area contributed by atoms with Crippen LogP contribution in [0.1, 0.15) is 44.6 Å². The molecule has 2 nitrogen and oxygen atoms in total. The molecule has 0 bridgehead atoms. The Hall–Kier alpha value is -1.00. The highest BCUT2D eigenvalue weighted by atomic mass is 19.4. The standard InChI is InChI=1S/C10H15F3N2/c1-4-7(3)9-14-8(10(11,12)13)6-15(9)5-2/h6-7H,4-5H2,1-3H3. The second-order valence-corrected chi connectivity index (χ2v) is 3.58. The molecule has 15 heavy (non-hydrogen) atoms. The number of aryl methyl sites for hydroxylation is 1. The highest BCUT2D eigenvalue weighted by molar-refractivity contribution is 5.10. The predicted molar refractivity (Wildman–Crippen MR) is 51.6 cm³/mol. The van der Waals surface area contributed by atoms with Gasteiger partial charge in [0.05, 0.1) is 0 Å². The number of rotatable bonds is 3. The lowest BCUT2D eigenvalue weighted by atomic mass is 10.1. The molecule has 1 heterocycles. The third-order valence-electron chi connectivity index (χ3n) is 2.49. The van der Waals surface area contributed by atoms with Crippen molar-refractivity contribution in [3.63, 3.8) is 0 Å². The van der Waals surface area contributed by atoms with Crippen LogP contribution < -0.4 is 0 Å². The van der Waals surface area contributed by atoms with Crippen LogP contribution in [0.4, 0.5) is 13.2 Å². The second-order valence-electron chi connectivity index (χ2n) is 3.58. The third-order valence-corrected chi connectivity index (χ3v) is 2.49. The molecule has 0 amide bonds. The van der Waals surface area contributed by atoms with Crippen LogP contribution in [0.15, 0.2) is 6.20 Å². The largest absolute Gasteiger partial charge is 0.434 e. The summed E-state index contributed by atoms with van der Waals surface area (Å²) in [5, 5.41) is 0. The van der Waals surface area contributed by atoms with Crippen LogP contribution in [0.2, 0.25) is 0 Å². The van der Waals surface area contributed by atoms with E-state index >= 15 is 0 Å². The number of imidazole rings is 1. The SMILES string of the molecule is CCC(C)c1nc(C(F)(F)F)cn1CC. The van der Waals surface area contributed by atoms with E-state index in [4.69, 9.17) is 0 Å². The van der Waals surface area contributed by atoms with E-state index in [1.165, 1.54) is 0 Å². The number of halogens is 3. The molecule has 0 aliphatic carbocycles. The molecule has 0 fully saturated rings. The molecule has 86 valence electrons. The Kier molecular flexibility index (Phi) is 3.42. The maximum absolute atomic E-state index is 12.4. The van der Waals surface area contributed by atoms with Crippen molar-refractivity contribution in [3.8, 4) is 0 Å². The topological polar surface area (TPSA) is 17.8 Å². The van der Waals surface area contributed by atoms with E-state index in [0.29, 0.717) is 12.4 Å². The molecule has 5 heteroatoms. The summed E-state index contributed by atoms with van der Waals surface area (Å²) in [5.41, 5.74) is -0.792. The van der Waals surface area contributed by atoms with Gasteiger partial charge in [-0.15, -0.1) is 0 Å². The minimum atomic E-state index is -4.34. The van der Waals surface area contributed by atoms with Gasteiger partial charge in [0.15, 0.2) is 5.69 Å². The van der Waals surface area contributed by atoms with Gasteiger partial charge < -0.3 is 4.57 Å². The molecule has 0 aliphatic heterocycles. The highest BCUT2D eigenvalue weighted by Gasteiger charge is 2.35. The van der Waals surface area contributed by atoms with Crippen LogP contribution in [0.25, 0.3) is 0 Å². The summed E-state index contributed by atoms with van der Waals surface area (Å²) in [6, 6.07) is 0. The summed E-state index contributed by atoms with van der Waals surface area (Å²) in [6.07, 6.45) is -2.47. The molecule has 1 rings (SSSR count). The van der Waals surface area contributed by atoms with Crippen molar-refractivity contribution in [2.45, 2.75) is 45.8 Å². The van der Waals surface area contributed by atoms with Crippen LogP contribution >= 0.6 is 0 Å². The van der Waals surface area contributed by atoms with E-state index in [1.54, 1.807) is 4.57 Å². The van der Waals surface area contributed by atoms with Gasteiger partial charge in [0.1, 0.15) is 5.82 Å². The van der Waals surface area contributed by atoms with Crippen LogP contribution in [0.3, 0.4) is 0 Å². The molecule has 1 atom stereocenters. The lowest BCUT2D eigenvalue weighted by Gasteiger charge is -2.09. The number of alkyl halides is 3. The highest BCUT2D eigenvalue weighted by Crippen LogP contribution is 2.30. The molecule has 0 spiro atoms. The molecular formula is C10H15F3N2. The summed E-state index contributed by atoms with van der Waals surface area (Å²) in [7, 11) is 0. The van der Waals surface area contributed by atoms with Crippen molar-refractivity contribution in [2.24, 2.45) is 0 Å². The van der Waals surface area contributed by atoms with Crippen molar-refractivity contribution in [3.05, 3.63) is 17.7 Å². The average Bonchev–Trinajstić information content (AvgIpc) is 2.59. The number of nitrogens with zero attached hydrogens (tertiary/aromatic N) is 2. The Bertz CT molecular complexity index is 328. The first-order chi connectivity index (χ1) is 6.90. The molecular weight excluding hydrogens is 205 g/mol. The fourth-order valence-electron chi connectivity index (χ4n) is 1.40. The Balaban J connectivity index is 3.11. The summed E-state index contributed by atoms with van der Waals surface area (Å²) < 4.78 is 38.8. The van der Waals surface area contributed by atoms with Crippen LogP contribution in [0, 0.1) is 0 Å². The Morgan fingerprint density at radius 3 is 2.40 bits per heavy atom. The van der Waals surface area contributed by atoms with Gasteiger partial charge in [0.2, 0.25) is 0 Å². The minimum Gasteiger partial charge on any atom is -0.334 e. The monoisotopic (exact) mass is 220 g/mol. The Labute approximate surface area is 87.1 Å². The van der Waals surface area contributed by atoms with Gasteiger partial charge in [-0.1, -0.05) is 13.8 Å². The molecule has 1 aromatic heterocycles. The van der Waals surface area contributed by atoms with Gasteiger partial charge in [-0.3, -0.25) is 0 Å². The van der Waals surface area contributed by atoms with E-state index < -0.39 is 11.9 Å². The second kappa shape index (κ2) is 4.24. The van der Waals surface area contributed by atoms with E-state index in [2.05, 4.69) is 4.98 Å². The number of hydrogen-bond donors (Lipinski definition) is 0. The van der Waals surface area contributed by atoms with Crippen molar-refractivity contribution < 1.29 is 13.2 Å². The summed E-state index contributed by atoms with van der Waals surface area (Å²) in [4.78, 5) is 3.66. The Morgan fingerprint density at radius 2 is 2.00 bits per heavy atom. The number of aromatic nitrogens is 2. The first kappa shape index (κ1) is 12.1. The van der Waals surface area contributed by atoms with Crippen LogP contribution in [0.5, 0.6) is 0 Å². The molecule has 0 saturated heterocycles. The van der Waals surface area contributed by atoms with Gasteiger partial charge in [0.25, 0.3) is 0 Å². The average molecular weight is 220 g/mol. The normalized spacial score (nSPS) is 14.3. The van der Waals surface area contributed by atoms with Gasteiger partial charge >= 0.3 is 6.18 Å². The number of hydrogen-bond acceptors (Lipinski definition) is 1. The predicted octanol–water partition coefficient (Wildman–Crippen LogP) is 3.44. The van der Waals surface area contributed by atoms with Gasteiger partial charge in [-0.05, 0) is 13.3 Å². The molecule has 1 unspecified atom stereocenters. The smallest absolute Gasteiger partial charge is 0.334 e. The lowest BCUT2D eigenvalue weighted by molar-refractivity contribution is -0.141.